The van der Waals surface area contributed by atoms with E-state index in [1.807, 2.05) is 42.7 Å². The van der Waals surface area contributed by atoms with Crippen molar-refractivity contribution in [1.82, 2.24) is 15.3 Å². The topological polar surface area (TPSA) is 61.6 Å². The Bertz CT molecular complexity index is 822. The van der Waals surface area contributed by atoms with Crippen LogP contribution < -0.4 is 5.32 Å². The minimum atomic E-state index is 0.133. The molecule has 6 heteroatoms. The molecule has 0 aliphatic carbocycles. The van der Waals surface area contributed by atoms with Gasteiger partial charge in [0.15, 0.2) is 0 Å². The molecule has 4 nitrogen and oxygen atoms in total. The first-order valence-corrected chi connectivity index (χ1v) is 7.78. The van der Waals surface area contributed by atoms with Crippen LogP contribution in [0.5, 0.6) is 0 Å². The van der Waals surface area contributed by atoms with Crippen molar-refractivity contribution >= 4 is 34.6 Å². The molecular weight excluding hydrogens is 316 g/mol. The van der Waals surface area contributed by atoms with Gasteiger partial charge in [0.2, 0.25) is 5.28 Å². The van der Waals surface area contributed by atoms with E-state index in [4.69, 9.17) is 11.6 Å². The Morgan fingerprint density at radius 3 is 2.82 bits per heavy atom. The van der Waals surface area contributed by atoms with Crippen molar-refractivity contribution in [1.29, 1.82) is 5.26 Å². The highest BCUT2D eigenvalue weighted by atomic mass is 35.5. The van der Waals surface area contributed by atoms with Crippen LogP contribution in [-0.2, 0) is 0 Å². The summed E-state index contributed by atoms with van der Waals surface area (Å²) in [7, 11) is 0. The number of rotatable bonds is 2. The Labute approximate surface area is 137 Å². The van der Waals surface area contributed by atoms with Crippen molar-refractivity contribution in [2.75, 3.05) is 0 Å². The van der Waals surface area contributed by atoms with Gasteiger partial charge in [-0.05, 0) is 29.7 Å². The van der Waals surface area contributed by atoms with E-state index < -0.39 is 0 Å². The zero-order valence-corrected chi connectivity index (χ0v) is 13.2. The molecule has 1 aliphatic heterocycles. The molecule has 1 aromatic carbocycles. The van der Waals surface area contributed by atoms with Crippen LogP contribution in [0.1, 0.15) is 16.8 Å². The summed E-state index contributed by atoms with van der Waals surface area (Å²) < 4.78 is 0. The molecule has 2 aromatic rings. The maximum atomic E-state index is 9.52. The average Bonchev–Trinajstić information content (AvgIpc) is 3.02. The molecule has 0 radical (unpaired) electrons. The summed E-state index contributed by atoms with van der Waals surface area (Å²) in [6, 6.07) is 12.2. The van der Waals surface area contributed by atoms with E-state index in [1.165, 1.54) is 11.8 Å². The summed E-state index contributed by atoms with van der Waals surface area (Å²) in [5.41, 5.74) is 3.86. The molecule has 0 atom stereocenters. The Hall–Kier alpha value is -2.29. The Kier molecular flexibility index (Phi) is 4.14. The number of thioether (sulfide) groups is 1. The summed E-state index contributed by atoms with van der Waals surface area (Å²) in [5.74, 6) is 0. The Morgan fingerprint density at radius 1 is 1.32 bits per heavy atom. The summed E-state index contributed by atoms with van der Waals surface area (Å²) in [5, 5.41) is 15.7. The number of hydrogen-bond donors (Lipinski definition) is 1. The zero-order chi connectivity index (χ0) is 15.5. The number of halogens is 1. The summed E-state index contributed by atoms with van der Waals surface area (Å²) in [4.78, 5) is 8.11. The molecule has 2 heterocycles. The lowest BCUT2D eigenvalue weighted by Gasteiger charge is -2.09. The molecule has 0 amide bonds. The Morgan fingerprint density at radius 2 is 2.09 bits per heavy atom. The number of aromatic nitrogens is 2. The van der Waals surface area contributed by atoms with Crippen LogP contribution in [-0.4, -0.2) is 9.97 Å². The first-order valence-electron chi connectivity index (χ1n) is 6.52. The molecule has 0 saturated heterocycles. The number of aryl methyl sites for hydroxylation is 1. The minimum Gasteiger partial charge on any atom is -0.348 e. The van der Waals surface area contributed by atoms with Crippen molar-refractivity contribution < 1.29 is 0 Å². The molecule has 22 heavy (non-hydrogen) atoms. The fourth-order valence-electron chi connectivity index (χ4n) is 2.06. The fraction of sp³-hybridized carbons (Fsp3) is 0.0625. The largest absolute Gasteiger partial charge is 0.348 e. The fourth-order valence-corrected chi connectivity index (χ4v) is 3.06. The molecular formula is C16H11ClN4S. The first kappa shape index (κ1) is 14.6. The molecule has 1 aliphatic rings. The monoisotopic (exact) mass is 326 g/mol. The van der Waals surface area contributed by atoms with Crippen molar-refractivity contribution in [3.8, 4) is 6.07 Å². The van der Waals surface area contributed by atoms with Crippen molar-refractivity contribution in [3.63, 3.8) is 0 Å². The number of nitrogens with one attached hydrogen (secondary N) is 1. The predicted molar refractivity (Wildman–Crippen MR) is 89.5 cm³/mol. The number of hydrogen-bond acceptors (Lipinski definition) is 5. The van der Waals surface area contributed by atoms with E-state index >= 15 is 0 Å². The van der Waals surface area contributed by atoms with Gasteiger partial charge in [-0.2, -0.15) is 5.26 Å². The molecule has 3 rings (SSSR count). The predicted octanol–water partition coefficient (Wildman–Crippen LogP) is 3.97. The molecule has 0 spiro atoms. The number of allylic oxidation sites excluding steroid dienone is 1. The summed E-state index contributed by atoms with van der Waals surface area (Å²) in [6.45, 7) is 1.86. The van der Waals surface area contributed by atoms with Gasteiger partial charge in [0.05, 0.1) is 16.4 Å². The molecule has 0 bridgehead atoms. The molecule has 1 N–H and O–H groups in total. The highest BCUT2D eigenvalue weighted by Gasteiger charge is 2.19. The van der Waals surface area contributed by atoms with Gasteiger partial charge in [0.1, 0.15) is 11.6 Å². The van der Waals surface area contributed by atoms with Crippen LogP contribution in [0.3, 0.4) is 0 Å². The van der Waals surface area contributed by atoms with Crippen molar-refractivity contribution in [2.24, 2.45) is 0 Å². The Balaban J connectivity index is 1.97. The van der Waals surface area contributed by atoms with Gasteiger partial charge in [-0.25, -0.2) is 9.97 Å². The van der Waals surface area contributed by atoms with Crippen LogP contribution in [0.15, 0.2) is 47.0 Å². The highest BCUT2D eigenvalue weighted by Crippen LogP contribution is 2.35. The van der Waals surface area contributed by atoms with E-state index in [0.29, 0.717) is 11.3 Å². The summed E-state index contributed by atoms with van der Waals surface area (Å²) in [6.07, 6.45) is 1.62. The van der Waals surface area contributed by atoms with Crippen LogP contribution >= 0.6 is 23.4 Å². The lowest BCUT2D eigenvalue weighted by Crippen LogP contribution is -2.07. The van der Waals surface area contributed by atoms with Crippen molar-refractivity contribution in [3.05, 3.63) is 69.1 Å². The third kappa shape index (κ3) is 2.84. The van der Waals surface area contributed by atoms with Gasteiger partial charge in [-0.1, -0.05) is 42.1 Å². The normalized spacial score (nSPS) is 15.8. The third-order valence-corrected chi connectivity index (χ3v) is 4.22. The average molecular weight is 327 g/mol. The van der Waals surface area contributed by atoms with E-state index in [0.717, 1.165) is 21.9 Å². The third-order valence-electron chi connectivity index (χ3n) is 3.15. The minimum absolute atomic E-state index is 0.133. The standard InChI is InChI=1S/C16H11ClN4S/c1-10-8-19-16(17)21-14(10)12(7-18)15-20-13(9-22-15)11-5-3-2-4-6-11/h2-6,8-9,20H,1H3. The highest BCUT2D eigenvalue weighted by molar-refractivity contribution is 8.06. The lowest BCUT2D eigenvalue weighted by atomic mass is 10.1. The molecule has 0 fully saturated rings. The molecule has 0 unspecified atom stereocenters. The van der Waals surface area contributed by atoms with E-state index in [2.05, 4.69) is 21.4 Å². The van der Waals surface area contributed by atoms with Gasteiger partial charge in [0, 0.05) is 11.6 Å². The quantitative estimate of drug-likeness (QED) is 0.668. The zero-order valence-electron chi connectivity index (χ0n) is 11.7. The van der Waals surface area contributed by atoms with E-state index in [9.17, 15) is 5.26 Å². The second kappa shape index (κ2) is 6.22. The van der Waals surface area contributed by atoms with Crippen LogP contribution in [0.25, 0.3) is 11.3 Å². The van der Waals surface area contributed by atoms with Crippen LogP contribution in [0, 0.1) is 18.3 Å². The SMILES string of the molecule is Cc1cnc(Cl)nc1C(C#N)=C1NC(c2ccccc2)=CS1. The van der Waals surface area contributed by atoms with Crippen LogP contribution in [0.4, 0.5) is 0 Å². The lowest BCUT2D eigenvalue weighted by molar-refractivity contribution is 1.10. The second-order valence-electron chi connectivity index (χ2n) is 4.63. The number of benzene rings is 1. The first-order chi connectivity index (χ1) is 10.7. The molecule has 108 valence electrons. The van der Waals surface area contributed by atoms with Gasteiger partial charge < -0.3 is 5.32 Å². The number of nitrogens with zero attached hydrogens (tertiary/aromatic N) is 3. The smallest absolute Gasteiger partial charge is 0.222 e. The van der Waals surface area contributed by atoms with Gasteiger partial charge >= 0.3 is 0 Å². The van der Waals surface area contributed by atoms with E-state index in [1.54, 1.807) is 6.20 Å². The van der Waals surface area contributed by atoms with E-state index in [-0.39, 0.29) is 5.28 Å². The van der Waals surface area contributed by atoms with Crippen molar-refractivity contribution in [2.45, 2.75) is 6.92 Å². The second-order valence-corrected chi connectivity index (χ2v) is 5.84. The summed E-state index contributed by atoms with van der Waals surface area (Å²) >= 11 is 7.32. The number of nitriles is 1. The van der Waals surface area contributed by atoms with Crippen LogP contribution in [0.2, 0.25) is 5.28 Å². The van der Waals surface area contributed by atoms with Gasteiger partial charge in [0.25, 0.3) is 0 Å². The maximum Gasteiger partial charge on any atom is 0.222 e. The maximum absolute atomic E-state index is 9.52. The van der Waals surface area contributed by atoms with Gasteiger partial charge in [-0.15, -0.1) is 0 Å². The molecule has 0 saturated carbocycles. The van der Waals surface area contributed by atoms with Gasteiger partial charge in [-0.3, -0.25) is 0 Å². The molecule has 1 aromatic heterocycles.